The molecule has 2 aromatic carbocycles. The third-order valence-electron chi connectivity index (χ3n) is 3.96. The van der Waals surface area contributed by atoms with Crippen molar-refractivity contribution in [1.82, 2.24) is 15.4 Å². The summed E-state index contributed by atoms with van der Waals surface area (Å²) in [6, 6.07) is 17.9. The van der Waals surface area contributed by atoms with Crippen LogP contribution < -0.4 is 5.43 Å². The van der Waals surface area contributed by atoms with Gasteiger partial charge in [0.25, 0.3) is 5.91 Å². The third-order valence-corrected chi connectivity index (χ3v) is 3.96. The summed E-state index contributed by atoms with van der Waals surface area (Å²) in [5.74, 6) is 0.0399. The van der Waals surface area contributed by atoms with Crippen LogP contribution in [0.25, 0.3) is 10.9 Å². The van der Waals surface area contributed by atoms with Crippen LogP contribution in [0.4, 0.5) is 0 Å². The summed E-state index contributed by atoms with van der Waals surface area (Å²) < 4.78 is 0. The lowest BCUT2D eigenvalue weighted by molar-refractivity contribution is 0.0679. The van der Waals surface area contributed by atoms with Crippen LogP contribution in [0.15, 0.2) is 60.8 Å². The maximum absolute atomic E-state index is 12.3. The Morgan fingerprint density at radius 3 is 2.91 bits per heavy atom. The number of carbonyl (C=O) groups excluding carboxylic acids is 1. The minimum atomic E-state index is 0.0399. The molecule has 0 bridgehead atoms. The van der Waals surface area contributed by atoms with E-state index in [-0.39, 0.29) is 5.91 Å². The van der Waals surface area contributed by atoms with Crippen LogP contribution in [-0.2, 0) is 13.1 Å². The molecule has 0 aliphatic carbocycles. The Balaban J connectivity index is 1.50. The molecule has 1 N–H and O–H groups in total. The van der Waals surface area contributed by atoms with E-state index < -0.39 is 0 Å². The highest BCUT2D eigenvalue weighted by Gasteiger charge is 2.26. The predicted octanol–water partition coefficient (Wildman–Crippen LogP) is 2.90. The number of nitrogens with zero attached hydrogens (tertiary/aromatic N) is 2. The van der Waals surface area contributed by atoms with Gasteiger partial charge in [0.15, 0.2) is 0 Å². The molecule has 0 radical (unpaired) electrons. The first-order chi connectivity index (χ1) is 10.8. The first kappa shape index (κ1) is 13.0. The van der Waals surface area contributed by atoms with E-state index in [9.17, 15) is 4.79 Å². The normalized spacial score (nSPS) is 13.6. The van der Waals surface area contributed by atoms with Gasteiger partial charge in [0.2, 0.25) is 0 Å². The average Bonchev–Trinajstić information content (AvgIpc) is 2.89. The van der Waals surface area contributed by atoms with Gasteiger partial charge in [-0.1, -0.05) is 30.3 Å². The number of rotatable bonds is 3. The number of amides is 1. The molecule has 22 heavy (non-hydrogen) atoms. The summed E-state index contributed by atoms with van der Waals surface area (Å²) in [6.07, 6.45) is 1.79. The van der Waals surface area contributed by atoms with Gasteiger partial charge in [0.1, 0.15) is 0 Å². The van der Waals surface area contributed by atoms with Gasteiger partial charge in [0.05, 0.1) is 12.1 Å². The average molecular weight is 289 g/mol. The van der Waals surface area contributed by atoms with Crippen molar-refractivity contribution in [2.24, 2.45) is 0 Å². The van der Waals surface area contributed by atoms with E-state index in [0.717, 1.165) is 27.6 Å². The highest BCUT2D eigenvalue weighted by Crippen LogP contribution is 2.21. The topological polar surface area (TPSA) is 45.2 Å². The Labute approximate surface area is 128 Å². The van der Waals surface area contributed by atoms with E-state index in [1.807, 2.05) is 48.5 Å². The molecule has 3 aromatic rings. The van der Waals surface area contributed by atoms with Crippen molar-refractivity contribution in [3.8, 4) is 0 Å². The fraction of sp³-hybridized carbons (Fsp3) is 0.111. The largest absolute Gasteiger partial charge is 0.269 e. The van der Waals surface area contributed by atoms with E-state index in [2.05, 4.69) is 16.5 Å². The van der Waals surface area contributed by atoms with E-state index >= 15 is 0 Å². The minimum Gasteiger partial charge on any atom is -0.269 e. The number of pyridine rings is 1. The van der Waals surface area contributed by atoms with Crippen LogP contribution >= 0.6 is 0 Å². The molecule has 0 atom stereocenters. The number of aromatic nitrogens is 1. The number of fused-ring (bicyclic) bond motifs is 2. The van der Waals surface area contributed by atoms with E-state index in [4.69, 9.17) is 0 Å². The summed E-state index contributed by atoms with van der Waals surface area (Å²) in [5.41, 5.74) is 7.20. The van der Waals surface area contributed by atoms with E-state index in [1.165, 1.54) is 0 Å². The number of nitrogens with one attached hydrogen (secondary N) is 1. The Bertz CT molecular complexity index is 860. The molecule has 1 amide bonds. The highest BCUT2D eigenvalue weighted by molar-refractivity contribution is 5.97. The van der Waals surface area contributed by atoms with Crippen molar-refractivity contribution in [1.29, 1.82) is 0 Å². The van der Waals surface area contributed by atoms with E-state index in [0.29, 0.717) is 13.1 Å². The zero-order valence-corrected chi connectivity index (χ0v) is 12.0. The van der Waals surface area contributed by atoms with Crippen LogP contribution in [0.5, 0.6) is 0 Å². The Hall–Kier alpha value is -2.72. The molecular formula is C18H15N3O. The predicted molar refractivity (Wildman–Crippen MR) is 84.9 cm³/mol. The summed E-state index contributed by atoms with van der Waals surface area (Å²) in [5, 5.41) is 2.79. The maximum atomic E-state index is 12.3. The Kier molecular flexibility index (Phi) is 3.09. The van der Waals surface area contributed by atoms with Crippen LogP contribution in [0.1, 0.15) is 21.5 Å². The molecule has 0 saturated heterocycles. The summed E-state index contributed by atoms with van der Waals surface area (Å²) >= 11 is 0. The monoisotopic (exact) mass is 289 g/mol. The van der Waals surface area contributed by atoms with Crippen molar-refractivity contribution < 1.29 is 4.79 Å². The molecule has 0 fully saturated rings. The Morgan fingerprint density at radius 1 is 1.09 bits per heavy atom. The molecule has 108 valence electrons. The van der Waals surface area contributed by atoms with Crippen molar-refractivity contribution in [2.45, 2.75) is 13.1 Å². The molecule has 0 saturated carbocycles. The van der Waals surface area contributed by atoms with Gasteiger partial charge in [-0.15, -0.1) is 0 Å². The lowest BCUT2D eigenvalue weighted by atomic mass is 10.1. The summed E-state index contributed by atoms with van der Waals surface area (Å²) in [7, 11) is 0. The minimum absolute atomic E-state index is 0.0399. The molecule has 0 unspecified atom stereocenters. The zero-order valence-electron chi connectivity index (χ0n) is 12.0. The SMILES string of the molecule is O=C1c2ccccc2CN1NCc1ccc2ncccc2c1. The van der Waals surface area contributed by atoms with Gasteiger partial charge in [-0.25, -0.2) is 5.43 Å². The van der Waals surface area contributed by atoms with Gasteiger partial charge in [-0.2, -0.15) is 0 Å². The second-order valence-electron chi connectivity index (χ2n) is 5.41. The summed E-state index contributed by atoms with van der Waals surface area (Å²) in [4.78, 5) is 16.6. The second kappa shape index (κ2) is 5.24. The number of hydrazine groups is 1. The smallest absolute Gasteiger partial charge is 0.268 e. The summed E-state index contributed by atoms with van der Waals surface area (Å²) in [6.45, 7) is 1.23. The number of hydrogen-bond donors (Lipinski definition) is 1. The Morgan fingerprint density at radius 2 is 2.00 bits per heavy atom. The number of hydrogen-bond acceptors (Lipinski definition) is 3. The second-order valence-corrected chi connectivity index (χ2v) is 5.41. The molecule has 4 rings (SSSR count). The van der Waals surface area contributed by atoms with E-state index in [1.54, 1.807) is 11.2 Å². The molecule has 2 heterocycles. The van der Waals surface area contributed by atoms with Gasteiger partial charge in [-0.3, -0.25) is 14.8 Å². The molecule has 0 spiro atoms. The molecule has 1 aliphatic heterocycles. The lowest BCUT2D eigenvalue weighted by Gasteiger charge is -2.17. The van der Waals surface area contributed by atoms with Gasteiger partial charge >= 0.3 is 0 Å². The van der Waals surface area contributed by atoms with Gasteiger partial charge in [-0.05, 0) is 35.4 Å². The van der Waals surface area contributed by atoms with Gasteiger partial charge < -0.3 is 0 Å². The standard InChI is InChI=1S/C18H15N3O/c22-18-16-6-2-1-4-15(16)12-21(18)20-11-13-7-8-17-14(10-13)5-3-9-19-17/h1-10,20H,11-12H2. The lowest BCUT2D eigenvalue weighted by Crippen LogP contribution is -2.37. The van der Waals surface area contributed by atoms with Crippen LogP contribution in [-0.4, -0.2) is 15.9 Å². The molecule has 4 nitrogen and oxygen atoms in total. The first-order valence-electron chi connectivity index (χ1n) is 7.28. The molecule has 4 heteroatoms. The number of carbonyl (C=O) groups is 1. The van der Waals surface area contributed by atoms with Crippen molar-refractivity contribution in [3.05, 3.63) is 77.5 Å². The van der Waals surface area contributed by atoms with Crippen molar-refractivity contribution in [3.63, 3.8) is 0 Å². The van der Waals surface area contributed by atoms with Crippen LogP contribution in [0.2, 0.25) is 0 Å². The first-order valence-corrected chi connectivity index (χ1v) is 7.28. The molecule has 1 aliphatic rings. The van der Waals surface area contributed by atoms with Crippen LogP contribution in [0, 0.1) is 0 Å². The zero-order chi connectivity index (χ0) is 14.9. The maximum Gasteiger partial charge on any atom is 0.268 e. The highest BCUT2D eigenvalue weighted by atomic mass is 16.2. The van der Waals surface area contributed by atoms with Crippen molar-refractivity contribution in [2.75, 3.05) is 0 Å². The fourth-order valence-corrected chi connectivity index (χ4v) is 2.80. The molecule has 1 aromatic heterocycles. The van der Waals surface area contributed by atoms with Crippen LogP contribution in [0.3, 0.4) is 0 Å². The number of benzene rings is 2. The fourth-order valence-electron chi connectivity index (χ4n) is 2.80. The van der Waals surface area contributed by atoms with Gasteiger partial charge in [0, 0.05) is 23.7 Å². The quantitative estimate of drug-likeness (QED) is 0.806. The molecular weight excluding hydrogens is 274 g/mol. The van der Waals surface area contributed by atoms with Crippen molar-refractivity contribution >= 4 is 16.8 Å². The third kappa shape index (κ3) is 2.23.